The van der Waals surface area contributed by atoms with E-state index in [-0.39, 0.29) is 18.5 Å². The van der Waals surface area contributed by atoms with Gasteiger partial charge < -0.3 is 19.7 Å². The molecule has 2 N–H and O–H groups in total. The van der Waals surface area contributed by atoms with Crippen LogP contribution in [0.3, 0.4) is 0 Å². The molecule has 0 aliphatic rings. The molecule has 0 radical (unpaired) electrons. The number of phenolic OH excluding ortho intramolecular Hbond substituents is 1. The van der Waals surface area contributed by atoms with E-state index >= 15 is 0 Å². The summed E-state index contributed by atoms with van der Waals surface area (Å²) in [6.45, 7) is 0.533. The van der Waals surface area contributed by atoms with Crippen LogP contribution in [0.5, 0.6) is 11.5 Å². The minimum absolute atomic E-state index is 0.0662. The minimum atomic E-state index is -0.336. The Balaban J connectivity index is 1.70. The van der Waals surface area contributed by atoms with Gasteiger partial charge in [0.2, 0.25) is 0 Å². The molecule has 4 heteroatoms. The van der Waals surface area contributed by atoms with E-state index in [0.717, 1.165) is 30.6 Å². The second-order valence-corrected chi connectivity index (χ2v) is 5.44. The summed E-state index contributed by atoms with van der Waals surface area (Å²) in [5.41, 5.74) is 2.16. The fourth-order valence-corrected chi connectivity index (χ4v) is 2.39. The van der Waals surface area contributed by atoms with Crippen molar-refractivity contribution in [1.29, 1.82) is 0 Å². The molecule has 2 aromatic carbocycles. The van der Waals surface area contributed by atoms with Crippen LogP contribution in [-0.4, -0.2) is 30.5 Å². The molecule has 1 atom stereocenters. The predicted octanol–water partition coefficient (Wildman–Crippen LogP) is 3.47. The number of hydrogen-bond acceptors (Lipinski definition) is 4. The van der Waals surface area contributed by atoms with Crippen molar-refractivity contribution in [2.45, 2.75) is 25.4 Å². The fourth-order valence-electron chi connectivity index (χ4n) is 2.39. The first-order chi connectivity index (χ1) is 11.2. The van der Waals surface area contributed by atoms with Crippen LogP contribution in [0.15, 0.2) is 48.5 Å². The molecule has 0 aliphatic heterocycles. The molecule has 0 spiro atoms. The van der Waals surface area contributed by atoms with Crippen LogP contribution in [-0.2, 0) is 11.2 Å². The van der Waals surface area contributed by atoms with E-state index in [4.69, 9.17) is 9.47 Å². The largest absolute Gasteiger partial charge is 0.508 e. The van der Waals surface area contributed by atoms with Crippen LogP contribution in [0, 0.1) is 0 Å². The summed E-state index contributed by atoms with van der Waals surface area (Å²) in [7, 11) is 1.66. The highest BCUT2D eigenvalue weighted by Crippen LogP contribution is 2.20. The van der Waals surface area contributed by atoms with E-state index in [1.807, 2.05) is 12.1 Å². The Morgan fingerprint density at radius 1 is 0.957 bits per heavy atom. The highest BCUT2D eigenvalue weighted by atomic mass is 16.5. The zero-order valence-corrected chi connectivity index (χ0v) is 13.4. The molecule has 23 heavy (non-hydrogen) atoms. The third-order valence-electron chi connectivity index (χ3n) is 3.77. The molecule has 0 heterocycles. The van der Waals surface area contributed by atoms with Gasteiger partial charge in [0.1, 0.15) is 17.6 Å². The summed E-state index contributed by atoms with van der Waals surface area (Å²) < 4.78 is 10.9. The number of aliphatic hydroxyl groups excluding tert-OH is 1. The maximum Gasteiger partial charge on any atom is 0.118 e. The first-order valence-electron chi connectivity index (χ1n) is 7.87. The van der Waals surface area contributed by atoms with E-state index in [2.05, 4.69) is 12.1 Å². The quantitative estimate of drug-likeness (QED) is 0.695. The Hall–Kier alpha value is -2.04. The molecule has 124 valence electrons. The molecule has 2 rings (SSSR count). The zero-order valence-electron chi connectivity index (χ0n) is 13.4. The third kappa shape index (κ3) is 5.58. The summed E-state index contributed by atoms with van der Waals surface area (Å²) in [6, 6.07) is 14.8. The van der Waals surface area contributed by atoms with Crippen molar-refractivity contribution in [3.8, 4) is 11.5 Å². The number of ether oxygens (including phenoxy) is 2. The number of unbranched alkanes of at least 4 members (excludes halogenated alkanes) is 1. The molecule has 0 aliphatic carbocycles. The van der Waals surface area contributed by atoms with Gasteiger partial charge in [0, 0.05) is 6.61 Å². The van der Waals surface area contributed by atoms with Crippen LogP contribution in [0.2, 0.25) is 0 Å². The Kier molecular flexibility index (Phi) is 6.91. The lowest BCUT2D eigenvalue weighted by molar-refractivity contribution is 0.0101. The van der Waals surface area contributed by atoms with E-state index in [9.17, 15) is 10.2 Å². The number of aromatic hydroxyl groups is 1. The van der Waals surface area contributed by atoms with Crippen molar-refractivity contribution >= 4 is 0 Å². The lowest BCUT2D eigenvalue weighted by Crippen LogP contribution is -2.10. The first-order valence-corrected chi connectivity index (χ1v) is 7.87. The smallest absolute Gasteiger partial charge is 0.118 e. The second-order valence-electron chi connectivity index (χ2n) is 5.44. The summed E-state index contributed by atoms with van der Waals surface area (Å²) in [5, 5.41) is 18.7. The molecular formula is C19H24O4. The highest BCUT2D eigenvalue weighted by molar-refractivity contribution is 5.28. The average Bonchev–Trinajstić information content (AvgIpc) is 2.60. The van der Waals surface area contributed by atoms with Gasteiger partial charge in [-0.25, -0.2) is 0 Å². The van der Waals surface area contributed by atoms with Gasteiger partial charge in [-0.05, 0) is 54.7 Å². The lowest BCUT2D eigenvalue weighted by Gasteiger charge is -2.16. The van der Waals surface area contributed by atoms with Crippen LogP contribution < -0.4 is 4.74 Å². The van der Waals surface area contributed by atoms with Gasteiger partial charge in [0.15, 0.2) is 0 Å². The molecule has 0 saturated heterocycles. The van der Waals surface area contributed by atoms with E-state index in [1.54, 1.807) is 31.4 Å². The molecule has 0 amide bonds. The van der Waals surface area contributed by atoms with E-state index in [1.165, 1.54) is 5.56 Å². The number of aryl methyl sites for hydroxylation is 1. The molecule has 4 nitrogen and oxygen atoms in total. The summed E-state index contributed by atoms with van der Waals surface area (Å²) >= 11 is 0. The predicted molar refractivity (Wildman–Crippen MR) is 89.8 cm³/mol. The number of hydrogen-bond donors (Lipinski definition) is 2. The first kappa shape index (κ1) is 17.3. The van der Waals surface area contributed by atoms with Gasteiger partial charge in [-0.15, -0.1) is 0 Å². The average molecular weight is 316 g/mol. The number of methoxy groups -OCH3 is 1. The third-order valence-corrected chi connectivity index (χ3v) is 3.77. The Morgan fingerprint density at radius 2 is 1.65 bits per heavy atom. The Morgan fingerprint density at radius 3 is 2.26 bits per heavy atom. The minimum Gasteiger partial charge on any atom is -0.508 e. The maximum absolute atomic E-state index is 9.43. The van der Waals surface area contributed by atoms with Crippen LogP contribution in [0.4, 0.5) is 0 Å². The van der Waals surface area contributed by atoms with Crippen molar-refractivity contribution < 1.29 is 19.7 Å². The van der Waals surface area contributed by atoms with Gasteiger partial charge in [-0.2, -0.15) is 0 Å². The van der Waals surface area contributed by atoms with Crippen molar-refractivity contribution in [2.75, 3.05) is 20.3 Å². The van der Waals surface area contributed by atoms with E-state index < -0.39 is 0 Å². The van der Waals surface area contributed by atoms with Crippen LogP contribution in [0.1, 0.15) is 30.1 Å². The molecule has 0 bridgehead atoms. The number of benzene rings is 2. The van der Waals surface area contributed by atoms with Gasteiger partial charge in [-0.1, -0.05) is 24.3 Å². The lowest BCUT2D eigenvalue weighted by atomic mass is 10.1. The summed E-state index contributed by atoms with van der Waals surface area (Å²) in [4.78, 5) is 0. The zero-order chi connectivity index (χ0) is 16.5. The van der Waals surface area contributed by atoms with Crippen molar-refractivity contribution in [2.24, 2.45) is 0 Å². The van der Waals surface area contributed by atoms with Crippen LogP contribution in [0.25, 0.3) is 0 Å². The molecular weight excluding hydrogens is 292 g/mol. The van der Waals surface area contributed by atoms with Crippen molar-refractivity contribution in [3.63, 3.8) is 0 Å². The maximum atomic E-state index is 9.43. The van der Waals surface area contributed by atoms with Gasteiger partial charge >= 0.3 is 0 Å². The molecule has 0 aromatic heterocycles. The molecule has 0 fully saturated rings. The Bertz CT molecular complexity index is 563. The van der Waals surface area contributed by atoms with Gasteiger partial charge in [-0.3, -0.25) is 0 Å². The second kappa shape index (κ2) is 9.18. The van der Waals surface area contributed by atoms with Crippen molar-refractivity contribution in [1.82, 2.24) is 0 Å². The monoisotopic (exact) mass is 316 g/mol. The normalized spacial score (nSPS) is 12.1. The molecule has 0 saturated carbocycles. The Labute approximate surface area is 137 Å². The fraction of sp³-hybridized carbons (Fsp3) is 0.368. The summed E-state index contributed by atoms with van der Waals surface area (Å²) in [5.74, 6) is 1.08. The SMILES string of the molecule is COc1ccc(CCCCOC(CO)c2ccc(O)cc2)cc1. The van der Waals surface area contributed by atoms with E-state index in [0.29, 0.717) is 6.61 Å². The van der Waals surface area contributed by atoms with Gasteiger partial charge in [0.05, 0.1) is 13.7 Å². The number of aliphatic hydroxyl groups is 1. The topological polar surface area (TPSA) is 58.9 Å². The van der Waals surface area contributed by atoms with Crippen LogP contribution >= 0.6 is 0 Å². The number of rotatable bonds is 9. The van der Waals surface area contributed by atoms with Gasteiger partial charge in [0.25, 0.3) is 0 Å². The summed E-state index contributed by atoms with van der Waals surface area (Å²) in [6.07, 6.45) is 2.62. The molecule has 1 unspecified atom stereocenters. The highest BCUT2D eigenvalue weighted by Gasteiger charge is 2.10. The number of phenols is 1. The van der Waals surface area contributed by atoms with Crippen molar-refractivity contribution in [3.05, 3.63) is 59.7 Å². The standard InChI is InChI=1S/C19H24O4/c1-22-18-11-5-15(6-12-18)4-2-3-13-23-19(14-20)16-7-9-17(21)10-8-16/h5-12,19-21H,2-4,13-14H2,1H3. The molecule has 2 aromatic rings.